The van der Waals surface area contributed by atoms with Crippen molar-refractivity contribution in [2.45, 2.75) is 33.2 Å². The van der Waals surface area contributed by atoms with E-state index in [1.165, 1.54) is 4.68 Å². The van der Waals surface area contributed by atoms with Gasteiger partial charge in [-0.25, -0.2) is 9.48 Å². The Morgan fingerprint density at radius 2 is 2.28 bits per heavy atom. The minimum Gasteiger partial charge on any atom is -0.476 e. The zero-order valence-corrected chi connectivity index (χ0v) is 10.1. The minimum atomic E-state index is -1.08. The van der Waals surface area contributed by atoms with Gasteiger partial charge in [-0.3, -0.25) is 0 Å². The van der Waals surface area contributed by atoms with E-state index in [0.717, 1.165) is 6.42 Å². The van der Waals surface area contributed by atoms with Crippen molar-refractivity contribution < 1.29 is 14.4 Å². The van der Waals surface area contributed by atoms with Gasteiger partial charge < -0.3 is 9.63 Å². The first-order valence-electron chi connectivity index (χ1n) is 5.56. The largest absolute Gasteiger partial charge is 0.476 e. The van der Waals surface area contributed by atoms with Crippen LogP contribution in [-0.4, -0.2) is 36.2 Å². The van der Waals surface area contributed by atoms with Gasteiger partial charge in [0.2, 0.25) is 5.89 Å². The molecule has 0 saturated heterocycles. The Labute approximate surface area is 103 Å². The molecule has 1 N–H and O–H groups in total. The second kappa shape index (κ2) is 4.94. The molecule has 0 aliphatic heterocycles. The molecule has 0 amide bonds. The topological polar surface area (TPSA) is 107 Å². The van der Waals surface area contributed by atoms with Crippen LogP contribution in [0.25, 0.3) is 0 Å². The average Bonchev–Trinajstić information content (AvgIpc) is 2.88. The van der Waals surface area contributed by atoms with Gasteiger partial charge in [-0.1, -0.05) is 23.7 Å². The average molecular weight is 251 g/mol. The van der Waals surface area contributed by atoms with Crippen molar-refractivity contribution in [3.63, 3.8) is 0 Å². The molecule has 0 saturated carbocycles. The molecule has 96 valence electrons. The number of carboxylic acid groups (broad SMARTS) is 1. The van der Waals surface area contributed by atoms with Crippen molar-refractivity contribution in [1.82, 2.24) is 25.1 Å². The monoisotopic (exact) mass is 251 g/mol. The molecule has 0 spiro atoms. The third kappa shape index (κ3) is 2.36. The molecular weight excluding hydrogens is 238 g/mol. The Morgan fingerprint density at radius 1 is 1.50 bits per heavy atom. The predicted molar refractivity (Wildman–Crippen MR) is 59.1 cm³/mol. The molecule has 2 aromatic heterocycles. The number of hydrogen-bond donors (Lipinski definition) is 1. The van der Waals surface area contributed by atoms with Gasteiger partial charge in [0.1, 0.15) is 6.54 Å². The van der Waals surface area contributed by atoms with E-state index < -0.39 is 5.97 Å². The van der Waals surface area contributed by atoms with E-state index in [2.05, 4.69) is 20.5 Å². The van der Waals surface area contributed by atoms with Crippen LogP contribution in [-0.2, 0) is 13.0 Å². The fraction of sp³-hybridized carbons (Fsp3) is 0.500. The molecule has 0 atom stereocenters. The maximum atomic E-state index is 11.0. The molecular formula is C10H13N5O3. The normalized spacial score (nSPS) is 10.8. The summed E-state index contributed by atoms with van der Waals surface area (Å²) in [6, 6.07) is 0. The molecule has 2 heterocycles. The Hall–Kier alpha value is -2.25. The molecule has 18 heavy (non-hydrogen) atoms. The van der Waals surface area contributed by atoms with Crippen LogP contribution in [0.1, 0.15) is 41.2 Å². The first-order valence-corrected chi connectivity index (χ1v) is 5.56. The lowest BCUT2D eigenvalue weighted by Gasteiger charge is -2.02. The summed E-state index contributed by atoms with van der Waals surface area (Å²) in [5.41, 5.74) is 0.550. The Kier molecular flexibility index (Phi) is 3.35. The van der Waals surface area contributed by atoms with Gasteiger partial charge >= 0.3 is 5.97 Å². The van der Waals surface area contributed by atoms with Crippen LogP contribution in [0, 0.1) is 6.92 Å². The van der Waals surface area contributed by atoms with Crippen molar-refractivity contribution in [1.29, 1.82) is 0 Å². The van der Waals surface area contributed by atoms with Gasteiger partial charge in [-0.2, -0.15) is 4.98 Å². The molecule has 0 aromatic carbocycles. The smallest absolute Gasteiger partial charge is 0.358 e. The van der Waals surface area contributed by atoms with Crippen LogP contribution < -0.4 is 0 Å². The summed E-state index contributed by atoms with van der Waals surface area (Å²) in [5, 5.41) is 20.2. The van der Waals surface area contributed by atoms with E-state index in [-0.39, 0.29) is 12.2 Å². The number of aryl methyl sites for hydroxylation is 1. The second-order valence-corrected chi connectivity index (χ2v) is 3.83. The van der Waals surface area contributed by atoms with Crippen molar-refractivity contribution >= 4 is 5.97 Å². The highest BCUT2D eigenvalue weighted by Crippen LogP contribution is 2.10. The molecule has 8 heteroatoms. The molecule has 0 bridgehead atoms. The van der Waals surface area contributed by atoms with Gasteiger partial charge in [-0.05, 0) is 13.3 Å². The summed E-state index contributed by atoms with van der Waals surface area (Å²) in [4.78, 5) is 15.0. The van der Waals surface area contributed by atoms with Gasteiger partial charge in [0, 0.05) is 0 Å². The fourth-order valence-corrected chi connectivity index (χ4v) is 1.64. The minimum absolute atomic E-state index is 0.0203. The molecule has 8 nitrogen and oxygen atoms in total. The maximum absolute atomic E-state index is 11.0. The number of rotatable bonds is 5. The lowest BCUT2D eigenvalue weighted by Crippen LogP contribution is -2.09. The van der Waals surface area contributed by atoms with Crippen LogP contribution in [0.2, 0.25) is 0 Å². The lowest BCUT2D eigenvalue weighted by atomic mass is 10.2. The van der Waals surface area contributed by atoms with Crippen molar-refractivity contribution in [2.24, 2.45) is 0 Å². The number of hydrogen-bond acceptors (Lipinski definition) is 6. The van der Waals surface area contributed by atoms with E-state index in [4.69, 9.17) is 9.63 Å². The summed E-state index contributed by atoms with van der Waals surface area (Å²) >= 11 is 0. The first kappa shape index (κ1) is 12.2. The van der Waals surface area contributed by atoms with Gasteiger partial charge in [-0.15, -0.1) is 5.10 Å². The predicted octanol–water partition coefficient (Wildman–Crippen LogP) is 0.669. The summed E-state index contributed by atoms with van der Waals surface area (Å²) < 4.78 is 6.46. The molecule has 0 aliphatic carbocycles. The summed E-state index contributed by atoms with van der Waals surface area (Å²) in [7, 11) is 0. The number of carboxylic acids is 1. The Balaban J connectivity index is 2.29. The highest BCUT2D eigenvalue weighted by molar-refractivity contribution is 5.86. The summed E-state index contributed by atoms with van der Waals surface area (Å²) in [6.07, 6.45) is 1.39. The van der Waals surface area contributed by atoms with Crippen LogP contribution in [0.5, 0.6) is 0 Å². The van der Waals surface area contributed by atoms with Crippen molar-refractivity contribution in [3.8, 4) is 0 Å². The van der Waals surface area contributed by atoms with Gasteiger partial charge in [0.25, 0.3) is 0 Å². The van der Waals surface area contributed by atoms with E-state index in [9.17, 15) is 4.79 Å². The first-order chi connectivity index (χ1) is 8.61. The van der Waals surface area contributed by atoms with E-state index >= 15 is 0 Å². The van der Waals surface area contributed by atoms with E-state index in [1.807, 2.05) is 6.92 Å². The quantitative estimate of drug-likeness (QED) is 0.831. The van der Waals surface area contributed by atoms with E-state index in [0.29, 0.717) is 23.8 Å². The van der Waals surface area contributed by atoms with Crippen molar-refractivity contribution in [2.75, 3.05) is 0 Å². The standard InChI is InChI=1S/C10H13N5O3/c1-3-4-7-9(10(16)17)12-14-15(7)5-8-11-6(2)13-18-8/h3-5H2,1-2H3,(H,16,17). The third-order valence-corrected chi connectivity index (χ3v) is 2.38. The SMILES string of the molecule is CCCc1c(C(=O)O)nnn1Cc1nc(C)no1. The molecule has 2 aromatic rings. The molecule has 0 unspecified atom stereocenters. The number of aromatic nitrogens is 5. The van der Waals surface area contributed by atoms with Crippen molar-refractivity contribution in [3.05, 3.63) is 23.1 Å². The number of aromatic carboxylic acids is 1. The third-order valence-electron chi connectivity index (χ3n) is 2.38. The second-order valence-electron chi connectivity index (χ2n) is 3.83. The maximum Gasteiger partial charge on any atom is 0.358 e. The molecule has 2 rings (SSSR count). The van der Waals surface area contributed by atoms with Crippen LogP contribution in [0.15, 0.2) is 4.52 Å². The molecule has 0 fully saturated rings. The lowest BCUT2D eigenvalue weighted by molar-refractivity contribution is 0.0689. The van der Waals surface area contributed by atoms with Gasteiger partial charge in [0.15, 0.2) is 11.5 Å². The van der Waals surface area contributed by atoms with Gasteiger partial charge in [0.05, 0.1) is 5.69 Å². The molecule has 0 aliphatic rings. The Morgan fingerprint density at radius 3 is 2.83 bits per heavy atom. The highest BCUT2D eigenvalue weighted by Gasteiger charge is 2.19. The van der Waals surface area contributed by atoms with Crippen LogP contribution in [0.4, 0.5) is 0 Å². The van der Waals surface area contributed by atoms with Crippen LogP contribution in [0.3, 0.4) is 0 Å². The zero-order valence-electron chi connectivity index (χ0n) is 10.1. The number of carbonyl (C=O) groups is 1. The Bertz CT molecular complexity index is 560. The summed E-state index contributed by atoms with van der Waals surface area (Å²) in [6.45, 7) is 3.90. The summed E-state index contributed by atoms with van der Waals surface area (Å²) in [5.74, 6) is -0.168. The fourth-order valence-electron chi connectivity index (χ4n) is 1.64. The van der Waals surface area contributed by atoms with E-state index in [1.54, 1.807) is 6.92 Å². The van der Waals surface area contributed by atoms with Crippen LogP contribution >= 0.6 is 0 Å². The molecule has 0 radical (unpaired) electrons. The highest BCUT2D eigenvalue weighted by atomic mass is 16.5. The zero-order chi connectivity index (χ0) is 13.1. The number of nitrogens with zero attached hydrogens (tertiary/aromatic N) is 5.